The Kier molecular flexibility index (Phi) is 5.17. The van der Waals surface area contributed by atoms with E-state index in [-0.39, 0.29) is 11.8 Å². The number of allylic oxidation sites excluding steroid dienone is 3. The van der Waals surface area contributed by atoms with E-state index in [1.807, 2.05) is 13.8 Å². The fraction of sp³-hybridized carbons (Fsp3) is 0.385. The smallest absolute Gasteiger partial charge is 0.260 e. The molecular weight excluding hydrogens is 273 g/mol. The summed E-state index contributed by atoms with van der Waals surface area (Å²) in [7, 11) is 1.45. The minimum Gasteiger partial charge on any atom is -0.278 e. The third-order valence-electron chi connectivity index (χ3n) is 2.72. The van der Waals surface area contributed by atoms with Crippen molar-refractivity contribution < 1.29 is 9.59 Å². The molecule has 1 heterocycles. The molecule has 0 aromatic carbocycles. The third kappa shape index (κ3) is 3.03. The average molecular weight is 288 g/mol. The maximum atomic E-state index is 11.9. The molecule has 5 heteroatoms. The normalized spacial score (nSPS) is 18.2. The van der Waals surface area contributed by atoms with Crippen molar-refractivity contribution in [2.45, 2.75) is 26.7 Å². The zero-order valence-corrected chi connectivity index (χ0v) is 12.1. The summed E-state index contributed by atoms with van der Waals surface area (Å²) in [5.41, 5.74) is 0.998. The summed E-state index contributed by atoms with van der Waals surface area (Å²) in [4.78, 5) is 24.4. The van der Waals surface area contributed by atoms with Crippen molar-refractivity contribution in [2.75, 3.05) is 7.05 Å². The molecule has 1 aliphatic rings. The Hall–Kier alpha value is -1.06. The van der Waals surface area contributed by atoms with Gasteiger partial charge >= 0.3 is 0 Å². The second kappa shape index (κ2) is 6.21. The number of imide groups is 1. The van der Waals surface area contributed by atoms with Crippen molar-refractivity contribution in [1.29, 1.82) is 0 Å². The Morgan fingerprint density at radius 2 is 1.89 bits per heavy atom. The topological polar surface area (TPSA) is 37.4 Å². The number of amides is 2. The SMILES string of the molecule is CC/C(C1=CC(=O)N(C)C1=O)=C(Cl)\C=C(\Cl)CC. The number of likely N-dealkylation sites (N-methyl/N-ethyl adjacent to an activating group) is 1. The van der Waals surface area contributed by atoms with E-state index in [9.17, 15) is 9.59 Å². The number of hydrogen-bond acceptors (Lipinski definition) is 2. The van der Waals surface area contributed by atoms with Gasteiger partial charge in [-0.2, -0.15) is 0 Å². The fourth-order valence-electron chi connectivity index (χ4n) is 1.59. The quantitative estimate of drug-likeness (QED) is 0.587. The van der Waals surface area contributed by atoms with Gasteiger partial charge in [-0.3, -0.25) is 14.5 Å². The van der Waals surface area contributed by atoms with Gasteiger partial charge in [0.25, 0.3) is 11.8 Å². The molecule has 0 unspecified atom stereocenters. The second-order valence-electron chi connectivity index (χ2n) is 3.89. The molecule has 0 N–H and O–H groups in total. The fourth-order valence-corrected chi connectivity index (χ4v) is 2.13. The van der Waals surface area contributed by atoms with Crippen LogP contribution in [0, 0.1) is 0 Å². The molecule has 0 spiro atoms. The van der Waals surface area contributed by atoms with Gasteiger partial charge in [0.05, 0.1) is 5.57 Å². The number of rotatable bonds is 4. The number of nitrogens with zero attached hydrogens (tertiary/aromatic N) is 1. The van der Waals surface area contributed by atoms with Gasteiger partial charge in [0, 0.05) is 23.2 Å². The van der Waals surface area contributed by atoms with Gasteiger partial charge in [0.1, 0.15) is 0 Å². The van der Waals surface area contributed by atoms with E-state index in [4.69, 9.17) is 23.2 Å². The summed E-state index contributed by atoms with van der Waals surface area (Å²) < 4.78 is 0. The largest absolute Gasteiger partial charge is 0.278 e. The Morgan fingerprint density at radius 1 is 1.28 bits per heavy atom. The molecule has 1 rings (SSSR count). The Morgan fingerprint density at radius 3 is 2.28 bits per heavy atom. The number of carbonyl (C=O) groups is 2. The zero-order chi connectivity index (χ0) is 13.9. The lowest BCUT2D eigenvalue weighted by Gasteiger charge is -2.10. The summed E-state index contributed by atoms with van der Waals surface area (Å²) in [6.45, 7) is 3.79. The van der Waals surface area contributed by atoms with Crippen molar-refractivity contribution in [2.24, 2.45) is 0 Å². The molecule has 0 saturated carbocycles. The molecule has 18 heavy (non-hydrogen) atoms. The van der Waals surface area contributed by atoms with Crippen LogP contribution in [-0.4, -0.2) is 23.8 Å². The maximum Gasteiger partial charge on any atom is 0.260 e. The Labute approximate surface area is 117 Å². The van der Waals surface area contributed by atoms with Crippen molar-refractivity contribution >= 4 is 35.0 Å². The lowest BCUT2D eigenvalue weighted by molar-refractivity contribution is -0.135. The van der Waals surface area contributed by atoms with Gasteiger partial charge in [-0.15, -0.1) is 0 Å². The van der Waals surface area contributed by atoms with E-state index in [1.165, 1.54) is 13.1 Å². The molecule has 2 amide bonds. The van der Waals surface area contributed by atoms with Crippen LogP contribution in [0.3, 0.4) is 0 Å². The molecule has 0 bridgehead atoms. The zero-order valence-electron chi connectivity index (χ0n) is 10.6. The van der Waals surface area contributed by atoms with Crippen molar-refractivity contribution in [3.8, 4) is 0 Å². The highest BCUT2D eigenvalue weighted by Crippen LogP contribution is 2.28. The monoisotopic (exact) mass is 287 g/mol. The Bertz CT molecular complexity index is 475. The summed E-state index contributed by atoms with van der Waals surface area (Å²) in [6, 6.07) is 0. The predicted molar refractivity (Wildman–Crippen MR) is 73.3 cm³/mol. The van der Waals surface area contributed by atoms with Gasteiger partial charge in [-0.25, -0.2) is 0 Å². The van der Waals surface area contributed by atoms with Crippen LogP contribution < -0.4 is 0 Å². The van der Waals surface area contributed by atoms with Gasteiger partial charge in [-0.1, -0.05) is 37.0 Å². The molecule has 0 radical (unpaired) electrons. The highest BCUT2D eigenvalue weighted by molar-refractivity contribution is 6.35. The van der Waals surface area contributed by atoms with Gasteiger partial charge in [0.15, 0.2) is 0 Å². The standard InChI is InChI=1S/C13H15Cl2NO2/c1-4-8(14)6-11(15)9(5-2)10-7-12(17)16(3)13(10)18/h6-7H,4-5H2,1-3H3/b8-6+,11-9-. The van der Waals surface area contributed by atoms with Crippen LogP contribution in [0.1, 0.15) is 26.7 Å². The summed E-state index contributed by atoms with van der Waals surface area (Å²) in [5.74, 6) is -0.646. The number of carbonyl (C=O) groups excluding carboxylic acids is 2. The predicted octanol–water partition coefficient (Wildman–Crippen LogP) is 3.35. The third-order valence-corrected chi connectivity index (χ3v) is 3.44. The minimum absolute atomic E-state index is 0.323. The number of hydrogen-bond donors (Lipinski definition) is 0. The summed E-state index contributed by atoms with van der Waals surface area (Å²) in [6.07, 6.45) is 4.17. The van der Waals surface area contributed by atoms with Crippen LogP contribution in [0.2, 0.25) is 0 Å². The van der Waals surface area contributed by atoms with Crippen LogP contribution in [0.25, 0.3) is 0 Å². The molecule has 0 aromatic heterocycles. The van der Waals surface area contributed by atoms with Crippen molar-refractivity contribution in [1.82, 2.24) is 4.90 Å². The molecular formula is C13H15Cl2NO2. The molecule has 0 aliphatic carbocycles. The molecule has 3 nitrogen and oxygen atoms in total. The highest BCUT2D eigenvalue weighted by Gasteiger charge is 2.30. The minimum atomic E-state index is -0.323. The molecule has 0 atom stereocenters. The van der Waals surface area contributed by atoms with Crippen LogP contribution in [0.15, 0.2) is 33.4 Å². The summed E-state index contributed by atoms with van der Waals surface area (Å²) in [5, 5.41) is 1.02. The first kappa shape index (κ1) is 15.0. The van der Waals surface area contributed by atoms with E-state index in [0.717, 1.165) is 4.90 Å². The van der Waals surface area contributed by atoms with Crippen LogP contribution in [0.4, 0.5) is 0 Å². The lowest BCUT2D eigenvalue weighted by Crippen LogP contribution is -2.26. The first-order chi connectivity index (χ1) is 8.42. The highest BCUT2D eigenvalue weighted by atomic mass is 35.5. The van der Waals surface area contributed by atoms with E-state index in [0.29, 0.717) is 34.1 Å². The Balaban J connectivity index is 3.20. The second-order valence-corrected chi connectivity index (χ2v) is 4.78. The van der Waals surface area contributed by atoms with Crippen molar-refractivity contribution in [3.63, 3.8) is 0 Å². The van der Waals surface area contributed by atoms with E-state index in [2.05, 4.69) is 0 Å². The van der Waals surface area contributed by atoms with E-state index in [1.54, 1.807) is 6.08 Å². The molecule has 0 saturated heterocycles. The molecule has 0 fully saturated rings. The summed E-state index contributed by atoms with van der Waals surface area (Å²) >= 11 is 12.1. The van der Waals surface area contributed by atoms with Gasteiger partial charge < -0.3 is 0 Å². The average Bonchev–Trinajstić information content (AvgIpc) is 2.58. The lowest BCUT2D eigenvalue weighted by atomic mass is 10.0. The van der Waals surface area contributed by atoms with Gasteiger partial charge in [-0.05, 0) is 24.5 Å². The first-order valence-corrected chi connectivity index (χ1v) is 6.46. The van der Waals surface area contributed by atoms with E-state index >= 15 is 0 Å². The van der Waals surface area contributed by atoms with Crippen LogP contribution >= 0.6 is 23.2 Å². The molecule has 1 aliphatic heterocycles. The van der Waals surface area contributed by atoms with Gasteiger partial charge in [0.2, 0.25) is 0 Å². The van der Waals surface area contributed by atoms with Crippen LogP contribution in [0.5, 0.6) is 0 Å². The maximum absolute atomic E-state index is 11.9. The molecule has 0 aromatic rings. The number of halogens is 2. The van der Waals surface area contributed by atoms with Crippen LogP contribution in [-0.2, 0) is 9.59 Å². The van der Waals surface area contributed by atoms with E-state index < -0.39 is 0 Å². The van der Waals surface area contributed by atoms with Crippen molar-refractivity contribution in [3.05, 3.63) is 33.4 Å². The first-order valence-electron chi connectivity index (χ1n) is 5.71. The molecule has 98 valence electrons.